The molecule has 0 bridgehead atoms. The molecule has 6 aromatic carbocycles. The van der Waals surface area contributed by atoms with E-state index in [2.05, 4.69) is 186 Å². The molecule has 0 aliphatic heterocycles. The number of hydrogen-bond acceptors (Lipinski definition) is 3. The molecule has 0 radical (unpaired) electrons. The van der Waals surface area contributed by atoms with Crippen molar-refractivity contribution in [2.24, 2.45) is 0 Å². The van der Waals surface area contributed by atoms with Gasteiger partial charge in [-0.15, -0.1) is 0 Å². The van der Waals surface area contributed by atoms with Crippen molar-refractivity contribution in [3.63, 3.8) is 0 Å². The van der Waals surface area contributed by atoms with Crippen LogP contribution < -0.4 is 0 Å². The third kappa shape index (κ3) is 9.57. The average molecular weight is 909 g/mol. The first kappa shape index (κ1) is 37.7. The Morgan fingerprint density at radius 2 is 1.10 bits per heavy atom. The van der Waals surface area contributed by atoms with Crippen molar-refractivity contribution in [1.82, 2.24) is 14.5 Å². The molecule has 0 spiro atoms. The zero-order valence-corrected chi connectivity index (χ0v) is 42.1. The van der Waals surface area contributed by atoms with E-state index in [1.165, 1.54) is 23.3 Å². The molecule has 0 amide bonds. The van der Waals surface area contributed by atoms with E-state index in [4.69, 9.17) is 22.3 Å². The van der Waals surface area contributed by atoms with Crippen LogP contribution in [0.2, 0.25) is 0 Å². The van der Waals surface area contributed by atoms with Crippen molar-refractivity contribution in [2.45, 2.75) is 144 Å². The maximum Gasteiger partial charge on any atom is 0.149 e. The lowest BCUT2D eigenvalue weighted by Gasteiger charge is -2.24. The molecule has 0 unspecified atom stereocenters. The molecule has 2 aromatic heterocycles. The van der Waals surface area contributed by atoms with Gasteiger partial charge >= 0.3 is 0 Å². The number of nitrogens with zero attached hydrogens (tertiary/aromatic N) is 3. The molecule has 8 rings (SSSR count). The summed E-state index contributed by atoms with van der Waals surface area (Å²) in [4.78, 5) is 10.5. The highest BCUT2D eigenvalue weighted by atomic mass is 16.3. The summed E-state index contributed by atoms with van der Waals surface area (Å²) >= 11 is 0. The second-order valence-electron chi connectivity index (χ2n) is 22.4. The van der Waals surface area contributed by atoms with Gasteiger partial charge in [0.1, 0.15) is 11.6 Å². The molecule has 350 valence electrons. The van der Waals surface area contributed by atoms with Gasteiger partial charge in [0.05, 0.1) is 28.0 Å². The van der Waals surface area contributed by atoms with Gasteiger partial charge in [-0.25, -0.2) is 4.98 Å². The molecule has 2 heterocycles. The van der Waals surface area contributed by atoms with Crippen molar-refractivity contribution in [2.75, 3.05) is 0 Å². The largest absolute Gasteiger partial charge is 0.507 e. The van der Waals surface area contributed by atoms with Gasteiger partial charge in [0.25, 0.3) is 0 Å². The second kappa shape index (κ2) is 17.7. The molecule has 1 N–H and O–H groups in total. The fourth-order valence-electron chi connectivity index (χ4n) is 9.00. The minimum absolute atomic E-state index is 0.0333. The summed E-state index contributed by atoms with van der Waals surface area (Å²) in [5.41, 5.74) is 11.4. The Morgan fingerprint density at radius 1 is 0.500 bits per heavy atom. The Morgan fingerprint density at radius 3 is 1.71 bits per heavy atom. The van der Waals surface area contributed by atoms with Crippen molar-refractivity contribution in [1.29, 1.82) is 0 Å². The summed E-state index contributed by atoms with van der Waals surface area (Å²) in [5.74, 6) is 1.04. The van der Waals surface area contributed by atoms with Gasteiger partial charge in [0, 0.05) is 35.2 Å². The zero-order valence-electron chi connectivity index (χ0n) is 51.1. The first-order valence-corrected chi connectivity index (χ1v) is 23.9. The van der Waals surface area contributed by atoms with Gasteiger partial charge in [-0.05, 0) is 138 Å². The molecule has 0 aliphatic rings. The van der Waals surface area contributed by atoms with Crippen LogP contribution in [0.5, 0.6) is 5.75 Å². The molecular weight excluding hydrogens is 827 g/mol. The number of aromatic hydroxyl groups is 1. The highest BCUT2D eigenvalue weighted by Gasteiger charge is 2.27. The fraction of sp³-hybridized carbons (Fsp3) is 0.344. The monoisotopic (exact) mass is 909 g/mol. The van der Waals surface area contributed by atoms with E-state index in [0.29, 0.717) is 28.2 Å². The molecule has 0 saturated carbocycles. The summed E-state index contributed by atoms with van der Waals surface area (Å²) in [6.07, 6.45) is 1.69. The fourth-order valence-corrected chi connectivity index (χ4v) is 9.00. The molecule has 68 heavy (non-hydrogen) atoms. The van der Waals surface area contributed by atoms with Gasteiger partial charge in [0.15, 0.2) is 0 Å². The smallest absolute Gasteiger partial charge is 0.149 e. The van der Waals surface area contributed by atoms with E-state index in [9.17, 15) is 5.11 Å². The lowest BCUT2D eigenvalue weighted by molar-refractivity contribution is 0.466. The summed E-state index contributed by atoms with van der Waals surface area (Å²) in [6, 6.07) is 42.0. The van der Waals surface area contributed by atoms with Crippen LogP contribution in [0.4, 0.5) is 0 Å². The molecule has 8 aromatic rings. The minimum Gasteiger partial charge on any atom is -0.507 e. The maximum absolute atomic E-state index is 12.5. The van der Waals surface area contributed by atoms with Gasteiger partial charge in [-0.1, -0.05) is 189 Å². The normalized spacial score (nSPS) is 15.2. The number of aromatic nitrogens is 3. The van der Waals surface area contributed by atoms with Crippen molar-refractivity contribution >= 4 is 11.0 Å². The Bertz CT molecular complexity index is 3450. The first-order valence-electron chi connectivity index (χ1n) is 28.4. The lowest BCUT2D eigenvalue weighted by Crippen LogP contribution is -2.12. The van der Waals surface area contributed by atoms with E-state index in [1.54, 1.807) is 18.3 Å². The first-order chi connectivity index (χ1) is 35.5. The van der Waals surface area contributed by atoms with Crippen LogP contribution in [0, 0.1) is 0 Å². The van der Waals surface area contributed by atoms with Crippen molar-refractivity contribution in [3.8, 4) is 67.5 Å². The number of fused-ring (bicyclic) bond motifs is 1. The van der Waals surface area contributed by atoms with Crippen LogP contribution in [0.3, 0.4) is 0 Å². The molecule has 0 fully saturated rings. The van der Waals surface area contributed by atoms with Crippen LogP contribution >= 0.6 is 0 Å². The van der Waals surface area contributed by atoms with E-state index in [0.717, 1.165) is 61.2 Å². The highest BCUT2D eigenvalue weighted by molar-refractivity contribution is 5.98. The quantitative estimate of drug-likeness (QED) is 0.165. The number of hydrogen-bond donors (Lipinski definition) is 1. The molecule has 0 aliphatic carbocycles. The summed E-state index contributed by atoms with van der Waals surface area (Å²) in [7, 11) is 0. The summed E-state index contributed by atoms with van der Waals surface area (Å²) < 4.78 is 76.3. The third-order valence-electron chi connectivity index (χ3n) is 13.4. The standard InChI is InChI=1S/C64H73N3O/c1-39(2)44-35-52(40(3)4)59(68)54(36-44)60-66-58-51(18-17-19-57(58)67(60)56-29-28-49(63(11,12)13)38-53(56)42-22-26-48(27-23-42)62(8,9)10)45-32-46(34-50(33-45)64(14,15)16)55-37-43(30-31-65-55)41-20-24-47(25-21-41)61(5,6)7/h17-40,68H,1-16H3/i5D3,6D3,7D3. The summed E-state index contributed by atoms with van der Waals surface area (Å²) in [6.45, 7) is 18.3. The number of para-hydroxylation sites is 1. The third-order valence-corrected chi connectivity index (χ3v) is 13.4. The van der Waals surface area contributed by atoms with Crippen LogP contribution in [0.1, 0.15) is 168 Å². The number of phenols is 1. The molecule has 0 atom stereocenters. The molecule has 4 heteroatoms. The SMILES string of the molecule is [2H]C([2H])([2H])C(c1ccc(-c2ccnc(-c3cc(-c4cccc5c4nc(-c4cc(C(C)C)cc(C(C)C)c4O)n5-c4ccc(C(C)(C)C)cc4-c4ccc(C(C)(C)C)cc4)cc(C(C)(C)C)c3)c2)cc1)(C([2H])([2H])[2H])C([2H])([2H])[2H]. The zero-order chi connectivity index (χ0) is 56.7. The van der Waals surface area contributed by atoms with Gasteiger partial charge in [-0.3, -0.25) is 9.55 Å². The van der Waals surface area contributed by atoms with Gasteiger partial charge in [0.2, 0.25) is 0 Å². The van der Waals surface area contributed by atoms with Crippen molar-refractivity contribution in [3.05, 3.63) is 167 Å². The van der Waals surface area contributed by atoms with Crippen LogP contribution in [-0.4, -0.2) is 19.6 Å². The lowest BCUT2D eigenvalue weighted by atomic mass is 9.83. The molecule has 4 nitrogen and oxygen atoms in total. The topological polar surface area (TPSA) is 50.9 Å². The summed E-state index contributed by atoms with van der Waals surface area (Å²) in [5, 5.41) is 12.5. The Balaban J connectivity index is 1.37. The van der Waals surface area contributed by atoms with E-state index < -0.39 is 26.0 Å². The Labute approximate surface area is 420 Å². The van der Waals surface area contributed by atoms with E-state index in [-0.39, 0.29) is 39.4 Å². The van der Waals surface area contributed by atoms with Gasteiger partial charge < -0.3 is 5.11 Å². The Kier molecular flexibility index (Phi) is 9.80. The van der Waals surface area contributed by atoms with Crippen LogP contribution in [-0.2, 0) is 21.7 Å². The predicted octanol–water partition coefficient (Wildman–Crippen LogP) is 17.9. The highest BCUT2D eigenvalue weighted by Crippen LogP contribution is 2.45. The number of rotatable bonds is 8. The second-order valence-corrected chi connectivity index (χ2v) is 22.4. The number of phenolic OH excluding ortho intramolecular Hbond substituents is 1. The van der Waals surface area contributed by atoms with Crippen LogP contribution in [0.15, 0.2) is 134 Å². The number of benzene rings is 6. The average Bonchev–Trinajstić information content (AvgIpc) is 3.78. The van der Waals surface area contributed by atoms with Crippen LogP contribution in [0.25, 0.3) is 72.7 Å². The molecule has 0 saturated heterocycles. The van der Waals surface area contributed by atoms with Gasteiger partial charge in [-0.2, -0.15) is 0 Å². The van der Waals surface area contributed by atoms with E-state index >= 15 is 0 Å². The number of pyridine rings is 1. The minimum atomic E-state index is -3.37. The van der Waals surface area contributed by atoms with Crippen molar-refractivity contribution < 1.29 is 17.4 Å². The predicted molar refractivity (Wildman–Crippen MR) is 291 cm³/mol. The maximum atomic E-state index is 12.5. The van der Waals surface area contributed by atoms with E-state index in [1.807, 2.05) is 12.1 Å². The molecular formula is C64H73N3O. The Hall–Kier alpha value is -6.26. The number of imidazole rings is 1.